The van der Waals surface area contributed by atoms with Crippen molar-refractivity contribution in [2.24, 2.45) is 0 Å². The first-order valence-corrected chi connectivity index (χ1v) is 10.5. The van der Waals surface area contributed by atoms with E-state index in [-0.39, 0.29) is 6.61 Å². The predicted molar refractivity (Wildman–Crippen MR) is 113 cm³/mol. The smallest absolute Gasteiger partial charge is 0.163 e. The normalized spacial score (nSPS) is 16.5. The fourth-order valence-electron chi connectivity index (χ4n) is 3.73. The van der Waals surface area contributed by atoms with Crippen molar-refractivity contribution in [3.8, 4) is 11.3 Å². The number of halogens is 3. The molecule has 0 aliphatic carbocycles. The van der Waals surface area contributed by atoms with Gasteiger partial charge in [-0.3, -0.25) is 0 Å². The molecule has 1 aliphatic rings. The van der Waals surface area contributed by atoms with Gasteiger partial charge in [0.15, 0.2) is 17.4 Å². The second-order valence-corrected chi connectivity index (χ2v) is 8.18. The van der Waals surface area contributed by atoms with Crippen LogP contribution in [0, 0.1) is 11.6 Å². The molecule has 0 atom stereocenters. The van der Waals surface area contributed by atoms with Crippen molar-refractivity contribution in [3.05, 3.63) is 76.5 Å². The molecule has 1 saturated heterocycles. The number of aromatic nitrogens is 1. The van der Waals surface area contributed by atoms with Crippen LogP contribution in [0.3, 0.4) is 0 Å². The summed E-state index contributed by atoms with van der Waals surface area (Å²) >= 11 is 5.94. The van der Waals surface area contributed by atoms with Gasteiger partial charge in [-0.25, -0.2) is 8.78 Å². The highest BCUT2D eigenvalue weighted by molar-refractivity contribution is 6.30. The van der Waals surface area contributed by atoms with Gasteiger partial charge in [0.25, 0.3) is 0 Å². The number of likely N-dealkylation sites (tertiary alicyclic amines) is 1. The van der Waals surface area contributed by atoms with Gasteiger partial charge in [0.1, 0.15) is 12.3 Å². The molecule has 1 aromatic heterocycles. The van der Waals surface area contributed by atoms with E-state index < -0.39 is 17.2 Å². The number of hydrogen-bond acceptors (Lipinski definition) is 5. The van der Waals surface area contributed by atoms with Crippen molar-refractivity contribution >= 4 is 11.6 Å². The summed E-state index contributed by atoms with van der Waals surface area (Å²) in [6, 6.07) is 12.6. The maximum absolute atomic E-state index is 13.4. The lowest BCUT2D eigenvalue weighted by Crippen LogP contribution is -2.43. The van der Waals surface area contributed by atoms with Crippen LogP contribution >= 0.6 is 11.6 Å². The molecule has 0 spiro atoms. The zero-order valence-electron chi connectivity index (χ0n) is 16.9. The van der Waals surface area contributed by atoms with Gasteiger partial charge in [-0.15, -0.1) is 0 Å². The van der Waals surface area contributed by atoms with Gasteiger partial charge in [-0.05, 0) is 48.7 Å². The molecule has 164 valence electrons. The summed E-state index contributed by atoms with van der Waals surface area (Å²) in [7, 11) is 0. The Kier molecular flexibility index (Phi) is 6.67. The Hall–Kier alpha value is -2.32. The Bertz CT molecular complexity index is 1020. The molecule has 2 heterocycles. The second kappa shape index (κ2) is 9.44. The van der Waals surface area contributed by atoms with Gasteiger partial charge in [0.2, 0.25) is 0 Å². The number of aliphatic hydroxyl groups is 1. The highest BCUT2D eigenvalue weighted by Crippen LogP contribution is 2.33. The first-order valence-electron chi connectivity index (χ1n) is 10.1. The summed E-state index contributed by atoms with van der Waals surface area (Å²) in [6.07, 6.45) is 1.29. The average molecular weight is 449 g/mol. The summed E-state index contributed by atoms with van der Waals surface area (Å²) in [6.45, 7) is 3.01. The van der Waals surface area contributed by atoms with Crippen LogP contribution in [0.15, 0.2) is 53.1 Å². The Morgan fingerprint density at radius 3 is 2.52 bits per heavy atom. The minimum Gasteiger partial charge on any atom is -0.385 e. The van der Waals surface area contributed by atoms with E-state index in [1.54, 1.807) is 18.2 Å². The van der Waals surface area contributed by atoms with Crippen LogP contribution in [0.5, 0.6) is 0 Å². The summed E-state index contributed by atoms with van der Waals surface area (Å²) in [5.41, 5.74) is 0.943. The number of benzene rings is 2. The van der Waals surface area contributed by atoms with Crippen molar-refractivity contribution in [3.63, 3.8) is 0 Å². The average Bonchev–Trinajstić information content (AvgIpc) is 3.24. The Labute approximate surface area is 184 Å². The number of hydrogen-bond donors (Lipinski definition) is 1. The van der Waals surface area contributed by atoms with Gasteiger partial charge >= 0.3 is 0 Å². The molecule has 31 heavy (non-hydrogen) atoms. The molecule has 0 radical (unpaired) electrons. The zero-order valence-corrected chi connectivity index (χ0v) is 17.6. The number of piperidine rings is 1. The van der Waals surface area contributed by atoms with Crippen molar-refractivity contribution in [2.75, 3.05) is 26.2 Å². The molecule has 3 aromatic rings. The first kappa shape index (κ1) is 21.9. The van der Waals surface area contributed by atoms with Crippen LogP contribution in [0.1, 0.15) is 24.2 Å². The van der Waals surface area contributed by atoms with E-state index >= 15 is 0 Å². The molecule has 4 rings (SSSR count). The Balaban J connectivity index is 1.21. The van der Waals surface area contributed by atoms with Crippen LogP contribution < -0.4 is 0 Å². The highest BCUT2D eigenvalue weighted by atomic mass is 35.5. The third-order valence-corrected chi connectivity index (χ3v) is 5.89. The van der Waals surface area contributed by atoms with Crippen molar-refractivity contribution in [2.45, 2.75) is 25.0 Å². The number of rotatable bonds is 7. The number of nitrogens with zero attached hydrogens (tertiary/aromatic N) is 2. The fraction of sp³-hybridized carbons (Fsp3) is 0.348. The van der Waals surface area contributed by atoms with Crippen molar-refractivity contribution < 1.29 is 23.1 Å². The van der Waals surface area contributed by atoms with E-state index in [0.29, 0.717) is 41.5 Å². The lowest BCUT2D eigenvalue weighted by molar-refractivity contribution is -0.0323. The van der Waals surface area contributed by atoms with Crippen LogP contribution in [0.4, 0.5) is 8.78 Å². The monoisotopic (exact) mass is 448 g/mol. The lowest BCUT2D eigenvalue weighted by atomic mass is 9.84. The molecular formula is C23H23ClF2N2O3. The summed E-state index contributed by atoms with van der Waals surface area (Å²) in [4.78, 5) is 2.25. The summed E-state index contributed by atoms with van der Waals surface area (Å²) < 4.78 is 37.3. The van der Waals surface area contributed by atoms with Gasteiger partial charge in [0.05, 0.1) is 12.2 Å². The molecule has 0 bridgehead atoms. The van der Waals surface area contributed by atoms with Crippen LogP contribution in [-0.2, 0) is 16.9 Å². The summed E-state index contributed by atoms with van der Waals surface area (Å²) in [5, 5.41) is 15.5. The SMILES string of the molecule is OC1(c2ccc(Cl)cc2)CCN(CCOCc2cc(-c3ccc(F)c(F)c3)no2)CC1. The first-order chi connectivity index (χ1) is 14.9. The molecule has 1 aliphatic heterocycles. The molecule has 8 heteroatoms. The van der Waals surface area contributed by atoms with E-state index in [0.717, 1.165) is 37.3 Å². The van der Waals surface area contributed by atoms with E-state index in [4.69, 9.17) is 20.9 Å². The molecule has 1 N–H and O–H groups in total. The molecule has 1 fully saturated rings. The number of ether oxygens (including phenoxy) is 1. The van der Waals surface area contributed by atoms with E-state index in [9.17, 15) is 13.9 Å². The van der Waals surface area contributed by atoms with E-state index in [2.05, 4.69) is 10.1 Å². The zero-order chi connectivity index (χ0) is 21.8. The van der Waals surface area contributed by atoms with Gasteiger partial charge in [-0.1, -0.05) is 28.9 Å². The molecule has 2 aromatic carbocycles. The minimum atomic E-state index is -0.928. The third-order valence-electron chi connectivity index (χ3n) is 5.64. The van der Waals surface area contributed by atoms with Gasteiger partial charge < -0.3 is 19.3 Å². The van der Waals surface area contributed by atoms with Crippen LogP contribution in [-0.4, -0.2) is 41.4 Å². The van der Waals surface area contributed by atoms with E-state index in [1.807, 2.05) is 12.1 Å². The highest BCUT2D eigenvalue weighted by Gasteiger charge is 2.33. The van der Waals surface area contributed by atoms with Crippen molar-refractivity contribution in [1.29, 1.82) is 0 Å². The van der Waals surface area contributed by atoms with E-state index in [1.165, 1.54) is 6.07 Å². The maximum atomic E-state index is 13.4. The molecule has 5 nitrogen and oxygen atoms in total. The molecule has 0 amide bonds. The molecular weight excluding hydrogens is 426 g/mol. The molecule has 0 saturated carbocycles. The largest absolute Gasteiger partial charge is 0.385 e. The predicted octanol–water partition coefficient (Wildman–Crippen LogP) is 4.77. The van der Waals surface area contributed by atoms with Gasteiger partial charge in [0, 0.05) is 36.3 Å². The summed E-state index contributed by atoms with van der Waals surface area (Å²) in [5.74, 6) is -1.32. The van der Waals surface area contributed by atoms with Crippen LogP contribution in [0.2, 0.25) is 5.02 Å². The van der Waals surface area contributed by atoms with Crippen molar-refractivity contribution in [1.82, 2.24) is 10.1 Å². The maximum Gasteiger partial charge on any atom is 0.163 e. The third kappa shape index (κ3) is 5.30. The quantitative estimate of drug-likeness (QED) is 0.527. The lowest BCUT2D eigenvalue weighted by Gasteiger charge is -2.38. The Morgan fingerprint density at radius 1 is 1.06 bits per heavy atom. The molecule has 0 unspecified atom stereocenters. The topological polar surface area (TPSA) is 58.7 Å². The fourth-order valence-corrected chi connectivity index (χ4v) is 3.86. The Morgan fingerprint density at radius 2 is 1.81 bits per heavy atom. The standard InChI is InChI=1S/C23H23ClF2N2O3/c24-18-4-2-17(3-5-18)23(29)7-9-28(10-8-23)11-12-30-15-19-14-22(27-31-19)16-1-6-20(25)21(26)13-16/h1-6,13-14,29H,7-12,15H2. The second-order valence-electron chi connectivity index (χ2n) is 7.74. The minimum absolute atomic E-state index is 0.235. The van der Waals surface area contributed by atoms with Gasteiger partial charge in [-0.2, -0.15) is 0 Å². The van der Waals surface area contributed by atoms with Crippen LogP contribution in [0.25, 0.3) is 11.3 Å².